The second kappa shape index (κ2) is 7.84. The van der Waals surface area contributed by atoms with Crippen molar-refractivity contribution in [3.05, 3.63) is 34.9 Å². The van der Waals surface area contributed by atoms with Gasteiger partial charge in [0.2, 0.25) is 0 Å². The first-order valence-electron chi connectivity index (χ1n) is 8.34. The van der Waals surface area contributed by atoms with Gasteiger partial charge < -0.3 is 5.11 Å². The number of rotatable bonds is 7. The molecule has 0 radical (unpaired) electrons. The van der Waals surface area contributed by atoms with Crippen LogP contribution in [0.4, 0.5) is 0 Å². The molecule has 0 aromatic heterocycles. The molecule has 4 heteroatoms. The predicted octanol–water partition coefficient (Wildman–Crippen LogP) is 3.35. The van der Waals surface area contributed by atoms with E-state index >= 15 is 0 Å². The lowest BCUT2D eigenvalue weighted by molar-refractivity contribution is -0.140. The monoisotopic (exact) mass is 332 g/mol. The largest absolute Gasteiger partial charge is 0.377 e. The van der Waals surface area contributed by atoms with Crippen molar-refractivity contribution in [2.45, 2.75) is 60.0 Å². The molecule has 0 fully saturated rings. The Morgan fingerprint density at radius 2 is 1.71 bits per heavy atom. The number of carbonyl (C=O) groups excluding carboxylic acids is 3. The number of allylic oxidation sites excluding steroid dienone is 5. The standard InChI is InChI=1S/C20H28O4/c1-12(2)7-9-16-19(23)15(18(22)14(5)6)11-20(16,24)17(21)10-8-13(3)4/h7-8,11,14,16,24H,9-10H2,1-6H3. The second-order valence-electron chi connectivity index (χ2n) is 7.25. The highest BCUT2D eigenvalue weighted by molar-refractivity contribution is 6.25. The van der Waals surface area contributed by atoms with Crippen LogP contribution in [-0.2, 0) is 14.4 Å². The fourth-order valence-electron chi connectivity index (χ4n) is 2.66. The van der Waals surface area contributed by atoms with E-state index in [2.05, 4.69) is 0 Å². The van der Waals surface area contributed by atoms with Gasteiger partial charge in [-0.15, -0.1) is 0 Å². The van der Waals surface area contributed by atoms with Crippen molar-refractivity contribution < 1.29 is 19.5 Å². The molecular formula is C20H28O4. The molecule has 0 aliphatic heterocycles. The summed E-state index contributed by atoms with van der Waals surface area (Å²) >= 11 is 0. The maximum atomic E-state index is 12.7. The van der Waals surface area contributed by atoms with Crippen LogP contribution in [0.2, 0.25) is 0 Å². The van der Waals surface area contributed by atoms with Gasteiger partial charge in [-0.3, -0.25) is 14.4 Å². The van der Waals surface area contributed by atoms with Gasteiger partial charge in [-0.1, -0.05) is 37.1 Å². The first-order chi connectivity index (χ1) is 11.0. The summed E-state index contributed by atoms with van der Waals surface area (Å²) in [5.74, 6) is -2.49. The molecule has 0 bridgehead atoms. The van der Waals surface area contributed by atoms with E-state index in [4.69, 9.17) is 0 Å². The van der Waals surface area contributed by atoms with Crippen LogP contribution in [0.15, 0.2) is 34.9 Å². The summed E-state index contributed by atoms with van der Waals surface area (Å²) in [6, 6.07) is 0. The molecular weight excluding hydrogens is 304 g/mol. The van der Waals surface area contributed by atoms with E-state index in [1.54, 1.807) is 19.9 Å². The highest BCUT2D eigenvalue weighted by Gasteiger charge is 2.52. The maximum absolute atomic E-state index is 12.7. The third-order valence-electron chi connectivity index (χ3n) is 4.17. The number of hydrogen-bond donors (Lipinski definition) is 1. The molecule has 0 saturated carbocycles. The summed E-state index contributed by atoms with van der Waals surface area (Å²) < 4.78 is 0. The zero-order valence-corrected chi connectivity index (χ0v) is 15.5. The Morgan fingerprint density at radius 1 is 1.17 bits per heavy atom. The molecule has 0 aromatic carbocycles. The Morgan fingerprint density at radius 3 is 2.17 bits per heavy atom. The van der Waals surface area contributed by atoms with Gasteiger partial charge in [-0.2, -0.15) is 0 Å². The van der Waals surface area contributed by atoms with E-state index in [0.29, 0.717) is 0 Å². The van der Waals surface area contributed by atoms with Gasteiger partial charge in [0.1, 0.15) is 0 Å². The zero-order valence-electron chi connectivity index (χ0n) is 15.5. The molecule has 1 aliphatic rings. The highest BCUT2D eigenvalue weighted by atomic mass is 16.3. The molecule has 0 aromatic rings. The van der Waals surface area contributed by atoms with Crippen LogP contribution in [0.1, 0.15) is 54.4 Å². The summed E-state index contributed by atoms with van der Waals surface area (Å²) in [5.41, 5.74) is 0.00446. The third kappa shape index (κ3) is 4.38. The van der Waals surface area contributed by atoms with Crippen molar-refractivity contribution in [3.8, 4) is 0 Å². The molecule has 2 atom stereocenters. The van der Waals surface area contributed by atoms with E-state index in [1.807, 2.05) is 33.8 Å². The number of ketones is 3. The number of aliphatic hydroxyl groups is 1. The topological polar surface area (TPSA) is 71.4 Å². The smallest absolute Gasteiger partial charge is 0.173 e. The average molecular weight is 332 g/mol. The summed E-state index contributed by atoms with van der Waals surface area (Å²) in [4.78, 5) is 37.5. The Labute approximate surface area is 144 Å². The average Bonchev–Trinajstić information content (AvgIpc) is 2.74. The van der Waals surface area contributed by atoms with Crippen molar-refractivity contribution in [2.75, 3.05) is 0 Å². The summed E-state index contributed by atoms with van der Waals surface area (Å²) in [7, 11) is 0. The SMILES string of the molecule is CC(C)=CCC(=O)C1(O)C=C(C(=O)C(C)C)C(=O)C1CC=C(C)C. The van der Waals surface area contributed by atoms with E-state index in [0.717, 1.165) is 11.1 Å². The lowest BCUT2D eigenvalue weighted by atomic mass is 9.82. The summed E-state index contributed by atoms with van der Waals surface area (Å²) in [6.45, 7) is 10.9. The fraction of sp³-hybridized carbons (Fsp3) is 0.550. The zero-order chi connectivity index (χ0) is 18.7. The molecule has 0 saturated heterocycles. The lowest BCUT2D eigenvalue weighted by Gasteiger charge is -2.25. The van der Waals surface area contributed by atoms with Crippen LogP contribution in [0, 0.1) is 11.8 Å². The first kappa shape index (κ1) is 20.2. The van der Waals surface area contributed by atoms with Crippen molar-refractivity contribution in [1.29, 1.82) is 0 Å². The normalized spacial score (nSPS) is 23.1. The molecule has 0 spiro atoms. The minimum absolute atomic E-state index is 0.0368. The molecule has 132 valence electrons. The van der Waals surface area contributed by atoms with Crippen molar-refractivity contribution >= 4 is 17.3 Å². The number of carbonyl (C=O) groups is 3. The van der Waals surface area contributed by atoms with Crippen LogP contribution in [0.25, 0.3) is 0 Å². The van der Waals surface area contributed by atoms with Crippen LogP contribution in [0.5, 0.6) is 0 Å². The quantitative estimate of drug-likeness (QED) is 0.573. The van der Waals surface area contributed by atoms with Crippen LogP contribution < -0.4 is 0 Å². The van der Waals surface area contributed by atoms with Gasteiger partial charge in [0.25, 0.3) is 0 Å². The lowest BCUT2D eigenvalue weighted by Crippen LogP contribution is -2.43. The van der Waals surface area contributed by atoms with Gasteiger partial charge in [0.15, 0.2) is 23.0 Å². The molecule has 1 rings (SSSR count). The van der Waals surface area contributed by atoms with Gasteiger partial charge in [-0.25, -0.2) is 0 Å². The first-order valence-corrected chi connectivity index (χ1v) is 8.34. The Balaban J connectivity index is 3.28. The Bertz CT molecular complexity index is 626. The van der Waals surface area contributed by atoms with E-state index < -0.39 is 23.1 Å². The van der Waals surface area contributed by atoms with Crippen molar-refractivity contribution in [2.24, 2.45) is 11.8 Å². The van der Waals surface area contributed by atoms with Gasteiger partial charge >= 0.3 is 0 Å². The van der Waals surface area contributed by atoms with E-state index in [-0.39, 0.29) is 30.1 Å². The molecule has 2 unspecified atom stereocenters. The molecule has 4 nitrogen and oxygen atoms in total. The molecule has 0 amide bonds. The van der Waals surface area contributed by atoms with Gasteiger partial charge in [-0.05, 0) is 40.2 Å². The van der Waals surface area contributed by atoms with Crippen molar-refractivity contribution in [1.82, 2.24) is 0 Å². The van der Waals surface area contributed by atoms with Crippen LogP contribution >= 0.6 is 0 Å². The van der Waals surface area contributed by atoms with Crippen molar-refractivity contribution in [3.63, 3.8) is 0 Å². The maximum Gasteiger partial charge on any atom is 0.173 e. The molecule has 1 N–H and O–H groups in total. The summed E-state index contributed by atoms with van der Waals surface area (Å²) in [5, 5.41) is 11.0. The summed E-state index contributed by atoms with van der Waals surface area (Å²) in [6.07, 6.45) is 5.01. The van der Waals surface area contributed by atoms with Crippen LogP contribution in [0.3, 0.4) is 0 Å². The van der Waals surface area contributed by atoms with Gasteiger partial charge in [0.05, 0.1) is 11.5 Å². The van der Waals surface area contributed by atoms with E-state index in [1.165, 1.54) is 6.08 Å². The third-order valence-corrected chi connectivity index (χ3v) is 4.17. The van der Waals surface area contributed by atoms with Gasteiger partial charge in [0, 0.05) is 12.3 Å². The van der Waals surface area contributed by atoms with Crippen LogP contribution in [-0.4, -0.2) is 28.1 Å². The molecule has 24 heavy (non-hydrogen) atoms. The molecule has 0 heterocycles. The fourth-order valence-corrected chi connectivity index (χ4v) is 2.66. The second-order valence-corrected chi connectivity index (χ2v) is 7.25. The Hall–Kier alpha value is -1.81. The van der Waals surface area contributed by atoms with E-state index in [9.17, 15) is 19.5 Å². The minimum atomic E-state index is -1.91. The molecule has 1 aliphatic carbocycles. The minimum Gasteiger partial charge on any atom is -0.377 e. The predicted molar refractivity (Wildman–Crippen MR) is 94.5 cm³/mol. The Kier molecular flexibility index (Phi) is 6.61. The highest BCUT2D eigenvalue weighted by Crippen LogP contribution is 2.37. The number of hydrogen-bond acceptors (Lipinski definition) is 4. The number of Topliss-reactive ketones (excluding diaryl/α,β-unsaturated/α-hetero) is 3.